The van der Waals surface area contributed by atoms with Crippen LogP contribution in [-0.4, -0.2) is 22.6 Å². The molecule has 0 aromatic heterocycles. The SMILES string of the molecule is CC(C)[C@H]1CC[C@]2(C)C[C@@H]3OO[C@]12C=C[C@@]3(C)OO. The van der Waals surface area contributed by atoms with Crippen LogP contribution >= 0.6 is 0 Å². The van der Waals surface area contributed by atoms with Gasteiger partial charge in [0.1, 0.15) is 17.3 Å². The monoisotopic (exact) mass is 268 g/mol. The minimum Gasteiger partial charge on any atom is -0.251 e. The molecular formula is C15H24O4. The summed E-state index contributed by atoms with van der Waals surface area (Å²) in [6.45, 7) is 8.59. The average Bonchev–Trinajstić information content (AvgIpc) is 2.55. The minimum absolute atomic E-state index is 0.0532. The number of rotatable bonds is 2. The van der Waals surface area contributed by atoms with Crippen LogP contribution in [0.1, 0.15) is 47.0 Å². The van der Waals surface area contributed by atoms with E-state index < -0.39 is 5.60 Å². The lowest BCUT2D eigenvalue weighted by atomic mass is 9.67. The van der Waals surface area contributed by atoms with Crippen molar-refractivity contribution in [1.29, 1.82) is 0 Å². The summed E-state index contributed by atoms with van der Waals surface area (Å²) in [5.41, 5.74) is -1.15. The highest BCUT2D eigenvalue weighted by molar-refractivity contribution is 5.26. The summed E-state index contributed by atoms with van der Waals surface area (Å²) in [5, 5.41) is 9.23. The van der Waals surface area contributed by atoms with Crippen molar-refractivity contribution < 1.29 is 19.9 Å². The number of hydrogen-bond acceptors (Lipinski definition) is 4. The highest BCUT2D eigenvalue weighted by Crippen LogP contribution is 2.62. The molecule has 19 heavy (non-hydrogen) atoms. The van der Waals surface area contributed by atoms with Crippen LogP contribution in [-0.2, 0) is 14.7 Å². The third kappa shape index (κ3) is 1.60. The Hall–Kier alpha value is -0.420. The molecule has 4 rings (SSSR count). The first-order valence-corrected chi connectivity index (χ1v) is 7.24. The van der Waals surface area contributed by atoms with Crippen LogP contribution in [0.15, 0.2) is 12.2 Å². The Bertz CT molecular complexity index is 407. The number of hydrogen-bond donors (Lipinski definition) is 1. The maximum Gasteiger partial charge on any atom is 0.148 e. The maximum atomic E-state index is 9.23. The summed E-state index contributed by atoms with van der Waals surface area (Å²) in [4.78, 5) is 16.2. The van der Waals surface area contributed by atoms with Gasteiger partial charge in [-0.3, -0.25) is 5.26 Å². The highest BCUT2D eigenvalue weighted by Gasteiger charge is 2.65. The molecule has 4 aliphatic rings. The van der Waals surface area contributed by atoms with E-state index in [9.17, 15) is 5.26 Å². The zero-order valence-electron chi connectivity index (χ0n) is 12.2. The second-order valence-electron chi connectivity index (χ2n) is 7.22. The van der Waals surface area contributed by atoms with Crippen molar-refractivity contribution in [3.8, 4) is 0 Å². The molecule has 1 saturated heterocycles. The molecule has 1 spiro atoms. The third-order valence-electron chi connectivity index (χ3n) is 5.74. The van der Waals surface area contributed by atoms with Crippen molar-refractivity contribution in [3.05, 3.63) is 12.2 Å². The Morgan fingerprint density at radius 3 is 2.68 bits per heavy atom. The van der Waals surface area contributed by atoms with Gasteiger partial charge in [-0.1, -0.05) is 20.8 Å². The van der Waals surface area contributed by atoms with Gasteiger partial charge < -0.3 is 0 Å². The van der Waals surface area contributed by atoms with Crippen LogP contribution in [0.25, 0.3) is 0 Å². The molecule has 0 radical (unpaired) electrons. The van der Waals surface area contributed by atoms with E-state index >= 15 is 0 Å². The van der Waals surface area contributed by atoms with Gasteiger partial charge in [0.15, 0.2) is 0 Å². The van der Waals surface area contributed by atoms with Crippen molar-refractivity contribution in [2.75, 3.05) is 0 Å². The van der Waals surface area contributed by atoms with Crippen molar-refractivity contribution in [1.82, 2.24) is 0 Å². The van der Waals surface area contributed by atoms with E-state index in [0.717, 1.165) is 19.3 Å². The molecule has 108 valence electrons. The van der Waals surface area contributed by atoms with Crippen LogP contribution < -0.4 is 0 Å². The normalized spacial score (nSPS) is 52.5. The quantitative estimate of drug-likeness (QED) is 0.474. The van der Waals surface area contributed by atoms with Gasteiger partial charge in [-0.2, -0.15) is 0 Å². The molecule has 1 saturated carbocycles. The first kappa shape index (κ1) is 13.6. The van der Waals surface area contributed by atoms with Gasteiger partial charge in [-0.25, -0.2) is 14.7 Å². The van der Waals surface area contributed by atoms with Crippen molar-refractivity contribution in [2.24, 2.45) is 17.3 Å². The van der Waals surface area contributed by atoms with Gasteiger partial charge in [0.2, 0.25) is 0 Å². The van der Waals surface area contributed by atoms with Crippen molar-refractivity contribution in [2.45, 2.75) is 64.3 Å². The summed E-state index contributed by atoms with van der Waals surface area (Å²) in [5.74, 6) is 0.974. The van der Waals surface area contributed by atoms with Crippen molar-refractivity contribution >= 4 is 0 Å². The van der Waals surface area contributed by atoms with Gasteiger partial charge in [0.25, 0.3) is 0 Å². The molecule has 2 aliphatic heterocycles. The Labute approximate surface area is 114 Å². The number of fused-ring (bicyclic) bond motifs is 2. The Morgan fingerprint density at radius 2 is 2.05 bits per heavy atom. The van der Waals surface area contributed by atoms with Crippen LogP contribution in [0.4, 0.5) is 0 Å². The van der Waals surface area contributed by atoms with E-state index in [1.165, 1.54) is 0 Å². The summed E-state index contributed by atoms with van der Waals surface area (Å²) in [6, 6.07) is 0. The average molecular weight is 268 g/mol. The lowest BCUT2D eigenvalue weighted by Crippen LogP contribution is -2.55. The summed E-state index contributed by atoms with van der Waals surface area (Å²) in [7, 11) is 0. The fraction of sp³-hybridized carbons (Fsp3) is 0.867. The van der Waals surface area contributed by atoms with Gasteiger partial charge in [0, 0.05) is 5.41 Å². The van der Waals surface area contributed by atoms with Crippen LogP contribution in [0.3, 0.4) is 0 Å². The second kappa shape index (κ2) is 4.04. The molecule has 0 unspecified atom stereocenters. The van der Waals surface area contributed by atoms with E-state index in [4.69, 9.17) is 14.7 Å². The van der Waals surface area contributed by atoms with Gasteiger partial charge in [-0.05, 0) is 50.2 Å². The molecule has 2 fully saturated rings. The molecule has 4 heteroatoms. The molecule has 0 aromatic carbocycles. The smallest absolute Gasteiger partial charge is 0.148 e. The van der Waals surface area contributed by atoms with Gasteiger partial charge in [0.05, 0.1) is 0 Å². The van der Waals surface area contributed by atoms with Gasteiger partial charge >= 0.3 is 0 Å². The molecule has 0 amide bonds. The van der Waals surface area contributed by atoms with E-state index in [1.807, 2.05) is 13.0 Å². The Balaban J connectivity index is 2.08. The fourth-order valence-electron chi connectivity index (χ4n) is 4.30. The maximum absolute atomic E-state index is 9.23. The van der Waals surface area contributed by atoms with E-state index in [-0.39, 0.29) is 17.1 Å². The molecular weight excluding hydrogens is 244 g/mol. The van der Waals surface area contributed by atoms with Crippen molar-refractivity contribution in [3.63, 3.8) is 0 Å². The molecule has 4 nitrogen and oxygen atoms in total. The molecule has 2 heterocycles. The standard InChI is InChI=1S/C15H24O4/c1-10(2)11-5-6-13(3)9-12-14(4,18-16)7-8-15(11,13)19-17-12/h7-8,10-12,16H,5-6,9H2,1-4H3/t11-,12+,13-,14-,15-/m1/s1. The third-order valence-corrected chi connectivity index (χ3v) is 5.74. The predicted molar refractivity (Wildman–Crippen MR) is 70.2 cm³/mol. The summed E-state index contributed by atoms with van der Waals surface area (Å²) in [6.07, 6.45) is 6.89. The summed E-state index contributed by atoms with van der Waals surface area (Å²) < 4.78 is 0. The minimum atomic E-state index is -0.821. The largest absolute Gasteiger partial charge is 0.251 e. The summed E-state index contributed by atoms with van der Waals surface area (Å²) >= 11 is 0. The predicted octanol–water partition coefficient (Wildman–Crippen LogP) is 3.34. The molecule has 2 bridgehead atoms. The van der Waals surface area contributed by atoms with Crippen LogP contribution in [0.5, 0.6) is 0 Å². The first-order valence-electron chi connectivity index (χ1n) is 7.24. The lowest BCUT2D eigenvalue weighted by Gasteiger charge is -2.49. The molecule has 5 atom stereocenters. The topological polar surface area (TPSA) is 47.9 Å². The van der Waals surface area contributed by atoms with Gasteiger partial charge in [-0.15, -0.1) is 0 Å². The van der Waals surface area contributed by atoms with E-state index in [1.54, 1.807) is 0 Å². The van der Waals surface area contributed by atoms with E-state index in [2.05, 4.69) is 26.8 Å². The fourth-order valence-corrected chi connectivity index (χ4v) is 4.30. The molecule has 1 N–H and O–H groups in total. The Kier molecular flexibility index (Phi) is 2.88. The van der Waals surface area contributed by atoms with Crippen LogP contribution in [0.2, 0.25) is 0 Å². The molecule has 0 aromatic rings. The lowest BCUT2D eigenvalue weighted by molar-refractivity contribution is -0.456. The van der Waals surface area contributed by atoms with E-state index in [0.29, 0.717) is 11.8 Å². The zero-order chi connectivity index (χ0) is 13.9. The Morgan fingerprint density at radius 1 is 1.32 bits per heavy atom. The highest BCUT2D eigenvalue weighted by atomic mass is 17.2. The van der Waals surface area contributed by atoms with Crippen LogP contribution in [0, 0.1) is 17.3 Å². The second-order valence-corrected chi connectivity index (χ2v) is 7.22. The molecule has 2 aliphatic carbocycles. The zero-order valence-corrected chi connectivity index (χ0v) is 12.2. The first-order chi connectivity index (χ1) is 8.87.